The topological polar surface area (TPSA) is 101 Å². The summed E-state index contributed by atoms with van der Waals surface area (Å²) >= 11 is 6.09. The van der Waals surface area contributed by atoms with Crippen LogP contribution in [-0.2, 0) is 6.42 Å². The molecule has 1 aliphatic heterocycles. The van der Waals surface area contributed by atoms with Gasteiger partial charge in [0.1, 0.15) is 11.6 Å². The third-order valence-corrected chi connectivity index (χ3v) is 4.77. The maximum Gasteiger partial charge on any atom is 0.223 e. The van der Waals surface area contributed by atoms with Gasteiger partial charge in [0.2, 0.25) is 5.95 Å². The van der Waals surface area contributed by atoms with E-state index in [9.17, 15) is 5.11 Å². The second-order valence-electron chi connectivity index (χ2n) is 6.50. The summed E-state index contributed by atoms with van der Waals surface area (Å²) in [7, 11) is 0. The molecule has 0 amide bonds. The Labute approximate surface area is 146 Å². The average molecular weight is 348 g/mol. The highest BCUT2D eigenvalue weighted by atomic mass is 35.5. The largest absolute Gasteiger partial charge is 0.396 e. The number of nitrogen functional groups attached to an aromatic ring is 2. The molecule has 0 saturated carbocycles. The van der Waals surface area contributed by atoms with Crippen LogP contribution in [0.1, 0.15) is 18.4 Å². The van der Waals surface area contributed by atoms with Gasteiger partial charge < -0.3 is 21.5 Å². The predicted octanol–water partition coefficient (Wildman–Crippen LogP) is 2.12. The Balaban J connectivity index is 1.83. The number of hydrogen-bond acceptors (Lipinski definition) is 6. The van der Waals surface area contributed by atoms with E-state index in [0.29, 0.717) is 23.2 Å². The number of aromatic nitrogens is 2. The normalized spacial score (nSPS) is 21.0. The molecule has 128 valence electrons. The number of halogens is 1. The number of nitrogens with zero attached hydrogens (tertiary/aromatic N) is 3. The van der Waals surface area contributed by atoms with Crippen LogP contribution in [0, 0.1) is 5.41 Å². The molecular formula is C17H22ClN5O. The summed E-state index contributed by atoms with van der Waals surface area (Å²) in [6.07, 6.45) is 2.67. The third-order valence-electron chi connectivity index (χ3n) is 4.54. The van der Waals surface area contributed by atoms with Crippen molar-refractivity contribution in [2.75, 3.05) is 36.1 Å². The summed E-state index contributed by atoms with van der Waals surface area (Å²) in [6, 6.07) is 9.52. The molecule has 1 aliphatic rings. The van der Waals surface area contributed by atoms with Crippen molar-refractivity contribution in [3.63, 3.8) is 0 Å². The smallest absolute Gasteiger partial charge is 0.223 e. The number of aliphatic hydroxyl groups excluding tert-OH is 1. The molecule has 5 N–H and O–H groups in total. The number of aliphatic hydroxyl groups is 1. The van der Waals surface area contributed by atoms with Crippen LogP contribution in [0.5, 0.6) is 0 Å². The quantitative estimate of drug-likeness (QED) is 0.783. The minimum atomic E-state index is -0.239. The number of piperidine rings is 1. The molecule has 1 aromatic heterocycles. The van der Waals surface area contributed by atoms with Crippen molar-refractivity contribution in [3.8, 4) is 0 Å². The van der Waals surface area contributed by atoms with E-state index in [-0.39, 0.29) is 18.0 Å². The van der Waals surface area contributed by atoms with E-state index in [1.165, 1.54) is 0 Å². The maximum atomic E-state index is 10.1. The minimum absolute atomic E-state index is 0.103. The highest BCUT2D eigenvalue weighted by Gasteiger charge is 2.36. The van der Waals surface area contributed by atoms with E-state index >= 15 is 0 Å². The Bertz CT molecular complexity index is 706. The monoisotopic (exact) mass is 347 g/mol. The van der Waals surface area contributed by atoms with Gasteiger partial charge in [-0.2, -0.15) is 9.97 Å². The second-order valence-corrected chi connectivity index (χ2v) is 6.94. The first-order chi connectivity index (χ1) is 11.5. The molecule has 2 heterocycles. The Hall–Kier alpha value is -2.05. The van der Waals surface area contributed by atoms with Gasteiger partial charge in [-0.05, 0) is 37.0 Å². The van der Waals surface area contributed by atoms with Crippen LogP contribution in [-0.4, -0.2) is 34.8 Å². The summed E-state index contributed by atoms with van der Waals surface area (Å²) < 4.78 is 0. The predicted molar refractivity (Wildman–Crippen MR) is 97.0 cm³/mol. The number of nitrogens with two attached hydrogens (primary N) is 2. The molecule has 0 bridgehead atoms. The van der Waals surface area contributed by atoms with Crippen molar-refractivity contribution in [1.29, 1.82) is 0 Å². The van der Waals surface area contributed by atoms with E-state index in [0.717, 1.165) is 31.4 Å². The van der Waals surface area contributed by atoms with Crippen molar-refractivity contribution in [2.24, 2.45) is 5.41 Å². The van der Waals surface area contributed by atoms with Gasteiger partial charge in [0, 0.05) is 29.6 Å². The molecule has 1 fully saturated rings. The van der Waals surface area contributed by atoms with Crippen molar-refractivity contribution in [3.05, 3.63) is 40.9 Å². The molecule has 0 radical (unpaired) electrons. The molecular weight excluding hydrogens is 326 g/mol. The SMILES string of the molecule is Nc1cc(N2CCCC(CO)(Cc3cccc(Cl)c3)C2)nc(N)n1. The fraction of sp³-hybridized carbons (Fsp3) is 0.412. The third kappa shape index (κ3) is 3.71. The highest BCUT2D eigenvalue weighted by Crippen LogP contribution is 2.35. The van der Waals surface area contributed by atoms with Gasteiger partial charge in [0.05, 0.1) is 6.61 Å². The zero-order valence-corrected chi connectivity index (χ0v) is 14.2. The van der Waals surface area contributed by atoms with Crippen LogP contribution < -0.4 is 16.4 Å². The fourth-order valence-electron chi connectivity index (χ4n) is 3.45. The zero-order chi connectivity index (χ0) is 17.2. The van der Waals surface area contributed by atoms with Crippen molar-refractivity contribution >= 4 is 29.2 Å². The summed E-state index contributed by atoms with van der Waals surface area (Å²) in [5.74, 6) is 1.23. The van der Waals surface area contributed by atoms with Crippen LogP contribution in [0.4, 0.5) is 17.6 Å². The molecule has 1 unspecified atom stereocenters. The molecule has 0 aliphatic carbocycles. The molecule has 1 atom stereocenters. The molecule has 7 heteroatoms. The molecule has 24 heavy (non-hydrogen) atoms. The first-order valence-corrected chi connectivity index (χ1v) is 8.38. The van der Waals surface area contributed by atoms with Crippen molar-refractivity contribution < 1.29 is 5.11 Å². The van der Waals surface area contributed by atoms with Crippen LogP contribution in [0.25, 0.3) is 0 Å². The lowest BCUT2D eigenvalue weighted by Gasteiger charge is -2.42. The summed E-state index contributed by atoms with van der Waals surface area (Å²) in [4.78, 5) is 10.3. The number of hydrogen-bond donors (Lipinski definition) is 3. The van der Waals surface area contributed by atoms with E-state index in [2.05, 4.69) is 14.9 Å². The van der Waals surface area contributed by atoms with Crippen LogP contribution in [0.2, 0.25) is 5.02 Å². The van der Waals surface area contributed by atoms with Gasteiger partial charge >= 0.3 is 0 Å². The zero-order valence-electron chi connectivity index (χ0n) is 13.5. The van der Waals surface area contributed by atoms with E-state index < -0.39 is 0 Å². The molecule has 6 nitrogen and oxygen atoms in total. The van der Waals surface area contributed by atoms with Crippen LogP contribution >= 0.6 is 11.6 Å². The van der Waals surface area contributed by atoms with Gasteiger partial charge in [-0.3, -0.25) is 0 Å². The maximum absolute atomic E-state index is 10.1. The standard InChI is InChI=1S/C17H22ClN5O/c18-13-4-1-3-12(7-13)9-17(11-24)5-2-6-23(10-17)15-8-14(19)21-16(20)22-15/h1,3-4,7-8,24H,2,5-6,9-11H2,(H4,19,20,21,22). The summed E-state index contributed by atoms with van der Waals surface area (Å²) in [5.41, 5.74) is 12.4. The Morgan fingerprint density at radius 1 is 1.25 bits per heavy atom. The van der Waals surface area contributed by atoms with E-state index in [4.69, 9.17) is 23.1 Å². The number of benzene rings is 1. The first-order valence-electron chi connectivity index (χ1n) is 8.00. The lowest BCUT2D eigenvalue weighted by Crippen LogP contribution is -2.47. The van der Waals surface area contributed by atoms with Gasteiger partial charge in [-0.15, -0.1) is 0 Å². The van der Waals surface area contributed by atoms with Gasteiger partial charge in [0.15, 0.2) is 0 Å². The Morgan fingerprint density at radius 3 is 2.79 bits per heavy atom. The second kappa shape index (κ2) is 6.83. The lowest BCUT2D eigenvalue weighted by atomic mass is 9.75. The van der Waals surface area contributed by atoms with Gasteiger partial charge in [0.25, 0.3) is 0 Å². The molecule has 1 aromatic carbocycles. The van der Waals surface area contributed by atoms with Crippen molar-refractivity contribution in [2.45, 2.75) is 19.3 Å². The lowest BCUT2D eigenvalue weighted by molar-refractivity contribution is 0.105. The fourth-order valence-corrected chi connectivity index (χ4v) is 3.66. The molecule has 2 aromatic rings. The molecule has 3 rings (SSSR count). The average Bonchev–Trinajstić information content (AvgIpc) is 2.54. The number of rotatable bonds is 4. The highest BCUT2D eigenvalue weighted by molar-refractivity contribution is 6.30. The minimum Gasteiger partial charge on any atom is -0.396 e. The Morgan fingerprint density at radius 2 is 2.08 bits per heavy atom. The summed E-state index contributed by atoms with van der Waals surface area (Å²) in [6.45, 7) is 1.64. The van der Waals surface area contributed by atoms with Gasteiger partial charge in [-0.1, -0.05) is 23.7 Å². The summed E-state index contributed by atoms with van der Waals surface area (Å²) in [5, 5.41) is 10.8. The molecule has 0 spiro atoms. The van der Waals surface area contributed by atoms with Gasteiger partial charge in [-0.25, -0.2) is 0 Å². The van der Waals surface area contributed by atoms with E-state index in [1.807, 2.05) is 24.3 Å². The first kappa shape index (κ1) is 16.8. The molecule has 1 saturated heterocycles. The van der Waals surface area contributed by atoms with E-state index in [1.54, 1.807) is 6.07 Å². The van der Waals surface area contributed by atoms with Crippen LogP contribution in [0.15, 0.2) is 30.3 Å². The van der Waals surface area contributed by atoms with Crippen molar-refractivity contribution in [1.82, 2.24) is 9.97 Å². The Kier molecular flexibility index (Phi) is 4.78. The number of anilines is 3. The van der Waals surface area contributed by atoms with Crippen LogP contribution in [0.3, 0.4) is 0 Å².